The molecule has 0 saturated carbocycles. The number of alkyl halides is 1. The predicted molar refractivity (Wildman–Crippen MR) is 68.5 cm³/mol. The Morgan fingerprint density at radius 1 is 1.12 bits per heavy atom. The predicted octanol–water partition coefficient (Wildman–Crippen LogP) is 2.01. The first-order valence-corrected chi connectivity index (χ1v) is 5.63. The fourth-order valence-electron chi connectivity index (χ4n) is 1.18. The van der Waals surface area contributed by atoms with Crippen molar-refractivity contribution >= 4 is 34.9 Å². The van der Waals surface area contributed by atoms with Gasteiger partial charge in [0.05, 0.1) is 0 Å². The molecule has 0 unspecified atom stereocenters. The molecule has 0 aliphatic carbocycles. The van der Waals surface area contributed by atoms with Gasteiger partial charge in [-0.15, -0.1) is 11.6 Å². The summed E-state index contributed by atoms with van der Waals surface area (Å²) in [5.74, 6) is 0.236. The third-order valence-electron chi connectivity index (χ3n) is 1.84. The zero-order valence-corrected chi connectivity index (χ0v) is 10.2. The van der Waals surface area contributed by atoms with Gasteiger partial charge in [0.15, 0.2) is 0 Å². The van der Waals surface area contributed by atoms with Crippen LogP contribution in [0.25, 0.3) is 0 Å². The highest BCUT2D eigenvalue weighted by molar-refractivity contribution is 6.18. The van der Waals surface area contributed by atoms with Gasteiger partial charge >= 0.3 is 6.03 Å². The van der Waals surface area contributed by atoms with Gasteiger partial charge in [-0.05, 0) is 24.3 Å². The van der Waals surface area contributed by atoms with Crippen LogP contribution in [0.15, 0.2) is 24.3 Å². The second-order valence-electron chi connectivity index (χ2n) is 3.33. The van der Waals surface area contributed by atoms with Crippen molar-refractivity contribution in [3.8, 4) is 0 Å². The van der Waals surface area contributed by atoms with E-state index in [1.165, 1.54) is 6.92 Å². The van der Waals surface area contributed by atoms with Crippen LogP contribution in [-0.4, -0.2) is 24.4 Å². The van der Waals surface area contributed by atoms with Gasteiger partial charge in [-0.2, -0.15) is 0 Å². The molecule has 0 bridgehead atoms. The molecule has 1 aromatic rings. The Morgan fingerprint density at radius 3 is 2.12 bits per heavy atom. The summed E-state index contributed by atoms with van der Waals surface area (Å²) in [6.45, 7) is 1.85. The summed E-state index contributed by atoms with van der Waals surface area (Å²) in [6.07, 6.45) is 0. The number of urea groups is 1. The third kappa shape index (κ3) is 5.21. The Labute approximate surface area is 105 Å². The van der Waals surface area contributed by atoms with Crippen molar-refractivity contribution in [2.24, 2.45) is 0 Å². The lowest BCUT2D eigenvalue weighted by atomic mass is 10.3. The van der Waals surface area contributed by atoms with Crippen LogP contribution in [0.1, 0.15) is 6.92 Å². The minimum atomic E-state index is -0.307. The summed E-state index contributed by atoms with van der Waals surface area (Å²) < 4.78 is 0. The van der Waals surface area contributed by atoms with Gasteiger partial charge in [-0.3, -0.25) is 4.79 Å². The minimum Gasteiger partial charge on any atom is -0.337 e. The zero-order chi connectivity index (χ0) is 12.7. The van der Waals surface area contributed by atoms with Crippen molar-refractivity contribution in [1.82, 2.24) is 5.32 Å². The van der Waals surface area contributed by atoms with Crippen molar-refractivity contribution in [1.29, 1.82) is 0 Å². The van der Waals surface area contributed by atoms with E-state index in [9.17, 15) is 9.59 Å². The van der Waals surface area contributed by atoms with Gasteiger partial charge in [0.1, 0.15) is 0 Å². The molecule has 0 atom stereocenters. The highest BCUT2D eigenvalue weighted by atomic mass is 35.5. The first-order chi connectivity index (χ1) is 8.11. The summed E-state index contributed by atoms with van der Waals surface area (Å²) in [5.41, 5.74) is 1.33. The molecule has 0 aromatic heterocycles. The molecule has 92 valence electrons. The van der Waals surface area contributed by atoms with Crippen LogP contribution < -0.4 is 16.0 Å². The van der Waals surface area contributed by atoms with Crippen LogP contribution >= 0.6 is 11.6 Å². The van der Waals surface area contributed by atoms with Crippen molar-refractivity contribution in [2.45, 2.75) is 6.92 Å². The molecule has 5 nitrogen and oxygen atoms in total. The fraction of sp³-hybridized carbons (Fsp3) is 0.273. The smallest absolute Gasteiger partial charge is 0.319 e. The molecule has 3 N–H and O–H groups in total. The Bertz CT molecular complexity index is 392. The molecular formula is C11H14ClN3O2. The Balaban J connectivity index is 2.50. The van der Waals surface area contributed by atoms with E-state index in [1.54, 1.807) is 24.3 Å². The number of nitrogens with one attached hydrogen (secondary N) is 3. The van der Waals surface area contributed by atoms with Crippen LogP contribution in [0.5, 0.6) is 0 Å². The van der Waals surface area contributed by atoms with E-state index < -0.39 is 0 Å². The number of carbonyl (C=O) groups is 2. The summed E-state index contributed by atoms with van der Waals surface area (Å²) in [6, 6.07) is 6.51. The van der Waals surface area contributed by atoms with E-state index in [0.717, 1.165) is 0 Å². The minimum absolute atomic E-state index is 0.134. The summed E-state index contributed by atoms with van der Waals surface area (Å²) in [4.78, 5) is 22.1. The lowest BCUT2D eigenvalue weighted by Crippen LogP contribution is -2.30. The van der Waals surface area contributed by atoms with Gasteiger partial charge in [0, 0.05) is 30.7 Å². The number of anilines is 2. The number of hydrogen-bond acceptors (Lipinski definition) is 2. The largest absolute Gasteiger partial charge is 0.337 e. The average molecular weight is 256 g/mol. The van der Waals surface area contributed by atoms with Gasteiger partial charge in [-0.25, -0.2) is 4.79 Å². The van der Waals surface area contributed by atoms with E-state index in [2.05, 4.69) is 16.0 Å². The molecule has 0 aliphatic heterocycles. The normalized spacial score (nSPS) is 9.53. The van der Waals surface area contributed by atoms with Crippen molar-refractivity contribution in [3.63, 3.8) is 0 Å². The summed E-state index contributed by atoms with van der Waals surface area (Å²) >= 11 is 5.44. The molecule has 3 amide bonds. The maximum absolute atomic E-state index is 11.3. The molecule has 6 heteroatoms. The van der Waals surface area contributed by atoms with Crippen molar-refractivity contribution in [3.05, 3.63) is 24.3 Å². The highest BCUT2D eigenvalue weighted by Gasteiger charge is 2.00. The van der Waals surface area contributed by atoms with E-state index in [-0.39, 0.29) is 11.9 Å². The molecule has 0 aliphatic rings. The van der Waals surface area contributed by atoms with Crippen LogP contribution in [-0.2, 0) is 4.79 Å². The first-order valence-electron chi connectivity index (χ1n) is 5.10. The van der Waals surface area contributed by atoms with Crippen molar-refractivity contribution < 1.29 is 9.59 Å². The van der Waals surface area contributed by atoms with E-state index in [4.69, 9.17) is 11.6 Å². The van der Waals surface area contributed by atoms with E-state index >= 15 is 0 Å². The molecule has 0 saturated heterocycles. The number of amides is 3. The van der Waals surface area contributed by atoms with Crippen LogP contribution in [0.2, 0.25) is 0 Å². The summed E-state index contributed by atoms with van der Waals surface area (Å²) in [7, 11) is 0. The molecule has 17 heavy (non-hydrogen) atoms. The van der Waals surface area contributed by atoms with Crippen LogP contribution in [0.4, 0.5) is 16.2 Å². The number of benzene rings is 1. The molecule has 0 spiro atoms. The fourth-order valence-corrected chi connectivity index (χ4v) is 1.27. The number of carbonyl (C=O) groups excluding carboxylic acids is 2. The first kappa shape index (κ1) is 13.3. The number of halogens is 1. The van der Waals surface area contributed by atoms with Crippen LogP contribution in [0, 0.1) is 0 Å². The second-order valence-corrected chi connectivity index (χ2v) is 3.71. The van der Waals surface area contributed by atoms with E-state index in [0.29, 0.717) is 23.8 Å². The Hall–Kier alpha value is -1.75. The molecule has 0 radical (unpaired) electrons. The second kappa shape index (κ2) is 6.75. The molecule has 1 aromatic carbocycles. The SMILES string of the molecule is CC(=O)Nc1ccc(NC(=O)NCCCl)cc1. The Morgan fingerprint density at radius 2 is 1.65 bits per heavy atom. The lowest BCUT2D eigenvalue weighted by Gasteiger charge is -2.07. The molecular weight excluding hydrogens is 242 g/mol. The molecule has 0 fully saturated rings. The van der Waals surface area contributed by atoms with Crippen molar-refractivity contribution in [2.75, 3.05) is 23.1 Å². The van der Waals surface area contributed by atoms with Gasteiger partial charge in [0.2, 0.25) is 5.91 Å². The van der Waals surface area contributed by atoms with Gasteiger partial charge in [-0.1, -0.05) is 0 Å². The average Bonchev–Trinajstić information content (AvgIpc) is 2.28. The topological polar surface area (TPSA) is 70.2 Å². The van der Waals surface area contributed by atoms with Gasteiger partial charge in [0.25, 0.3) is 0 Å². The standard InChI is InChI=1S/C11H14ClN3O2/c1-8(16)14-9-2-4-10(5-3-9)15-11(17)13-7-6-12/h2-5H,6-7H2,1H3,(H,14,16)(H2,13,15,17). The highest BCUT2D eigenvalue weighted by Crippen LogP contribution is 2.13. The monoisotopic (exact) mass is 255 g/mol. The quantitative estimate of drug-likeness (QED) is 0.721. The molecule has 1 rings (SSSR count). The van der Waals surface area contributed by atoms with Gasteiger partial charge < -0.3 is 16.0 Å². The summed E-state index contributed by atoms with van der Waals surface area (Å²) in [5, 5.41) is 7.85. The zero-order valence-electron chi connectivity index (χ0n) is 9.42. The maximum atomic E-state index is 11.3. The lowest BCUT2D eigenvalue weighted by molar-refractivity contribution is -0.114. The van der Waals surface area contributed by atoms with E-state index in [1.807, 2.05) is 0 Å². The maximum Gasteiger partial charge on any atom is 0.319 e. The number of rotatable bonds is 4. The third-order valence-corrected chi connectivity index (χ3v) is 2.03. The van der Waals surface area contributed by atoms with Crippen LogP contribution in [0.3, 0.4) is 0 Å². The Kier molecular flexibility index (Phi) is 5.29. The molecule has 0 heterocycles. The number of hydrogen-bond donors (Lipinski definition) is 3.